The van der Waals surface area contributed by atoms with E-state index in [1.54, 1.807) is 0 Å². The van der Waals surface area contributed by atoms with E-state index in [4.69, 9.17) is 0 Å². The highest BCUT2D eigenvalue weighted by molar-refractivity contribution is 5.18. The SMILES string of the molecule is C[C@]1(O)CCCC[C@H]1N(Cc1ccccc1)Cc1ccccc1. The number of aliphatic hydroxyl groups is 1. The lowest BCUT2D eigenvalue weighted by molar-refractivity contribution is -0.0661. The Labute approximate surface area is 139 Å². The molecule has 0 spiro atoms. The fraction of sp³-hybridized carbons (Fsp3) is 0.429. The fourth-order valence-electron chi connectivity index (χ4n) is 3.79. The van der Waals surface area contributed by atoms with Gasteiger partial charge < -0.3 is 5.11 Å². The van der Waals surface area contributed by atoms with Crippen LogP contribution in [0.15, 0.2) is 60.7 Å². The van der Waals surface area contributed by atoms with Gasteiger partial charge in [0.05, 0.1) is 5.60 Å². The second-order valence-corrected chi connectivity index (χ2v) is 6.99. The maximum absolute atomic E-state index is 10.9. The summed E-state index contributed by atoms with van der Waals surface area (Å²) in [4.78, 5) is 2.46. The van der Waals surface area contributed by atoms with Crippen LogP contribution in [-0.4, -0.2) is 21.6 Å². The van der Waals surface area contributed by atoms with Gasteiger partial charge in [-0.15, -0.1) is 0 Å². The minimum atomic E-state index is -0.595. The van der Waals surface area contributed by atoms with Crippen molar-refractivity contribution in [2.24, 2.45) is 0 Å². The molecule has 0 aromatic heterocycles. The molecule has 0 bridgehead atoms. The lowest BCUT2D eigenvalue weighted by Crippen LogP contribution is -2.52. The maximum Gasteiger partial charge on any atom is 0.0774 e. The van der Waals surface area contributed by atoms with Crippen molar-refractivity contribution in [3.05, 3.63) is 71.8 Å². The molecule has 0 aliphatic heterocycles. The van der Waals surface area contributed by atoms with Gasteiger partial charge in [-0.05, 0) is 30.9 Å². The molecule has 2 aromatic rings. The summed E-state index contributed by atoms with van der Waals surface area (Å²) in [6.45, 7) is 3.78. The molecule has 2 atom stereocenters. The first-order valence-corrected chi connectivity index (χ1v) is 8.69. The van der Waals surface area contributed by atoms with Crippen molar-refractivity contribution in [2.45, 2.75) is 57.3 Å². The monoisotopic (exact) mass is 309 g/mol. The van der Waals surface area contributed by atoms with Crippen molar-refractivity contribution in [1.29, 1.82) is 0 Å². The summed E-state index contributed by atoms with van der Waals surface area (Å²) < 4.78 is 0. The van der Waals surface area contributed by atoms with Crippen LogP contribution in [0.5, 0.6) is 0 Å². The number of hydrogen-bond acceptors (Lipinski definition) is 2. The first-order chi connectivity index (χ1) is 11.1. The molecule has 2 aromatic carbocycles. The van der Waals surface area contributed by atoms with Crippen molar-refractivity contribution in [3.63, 3.8) is 0 Å². The van der Waals surface area contributed by atoms with Crippen LogP contribution >= 0.6 is 0 Å². The molecule has 2 nitrogen and oxygen atoms in total. The molecule has 0 heterocycles. The summed E-state index contributed by atoms with van der Waals surface area (Å²) in [5.74, 6) is 0. The Bertz CT molecular complexity index is 552. The number of nitrogens with zero attached hydrogens (tertiary/aromatic N) is 1. The van der Waals surface area contributed by atoms with E-state index in [2.05, 4.69) is 65.6 Å². The average Bonchev–Trinajstić information content (AvgIpc) is 2.56. The molecule has 1 aliphatic rings. The Morgan fingerprint density at radius 1 is 0.913 bits per heavy atom. The third kappa shape index (κ3) is 4.21. The van der Waals surface area contributed by atoms with Gasteiger partial charge in [-0.3, -0.25) is 4.90 Å². The molecular weight excluding hydrogens is 282 g/mol. The van der Waals surface area contributed by atoms with E-state index >= 15 is 0 Å². The standard InChI is InChI=1S/C21H27NO/c1-21(23)15-9-8-14-20(21)22(16-18-10-4-2-5-11-18)17-19-12-6-3-7-13-19/h2-7,10-13,20,23H,8-9,14-17H2,1H3/t20-,21+/m1/s1. The van der Waals surface area contributed by atoms with Crippen LogP contribution in [-0.2, 0) is 13.1 Å². The zero-order valence-corrected chi connectivity index (χ0v) is 14.0. The van der Waals surface area contributed by atoms with Gasteiger partial charge in [-0.25, -0.2) is 0 Å². The van der Waals surface area contributed by atoms with E-state index in [0.29, 0.717) is 0 Å². The molecule has 0 radical (unpaired) electrons. The van der Waals surface area contributed by atoms with Crippen LogP contribution < -0.4 is 0 Å². The molecule has 0 saturated heterocycles. The normalized spacial score (nSPS) is 24.7. The Morgan fingerprint density at radius 3 is 1.91 bits per heavy atom. The van der Waals surface area contributed by atoms with Gasteiger partial charge in [0.1, 0.15) is 0 Å². The molecule has 1 fully saturated rings. The molecular formula is C21H27NO. The molecule has 23 heavy (non-hydrogen) atoms. The molecule has 0 unspecified atom stereocenters. The third-order valence-corrected chi connectivity index (χ3v) is 5.03. The molecule has 0 amide bonds. The van der Waals surface area contributed by atoms with Crippen LogP contribution in [0.4, 0.5) is 0 Å². The molecule has 2 heteroatoms. The van der Waals surface area contributed by atoms with Crippen molar-refractivity contribution in [3.8, 4) is 0 Å². The maximum atomic E-state index is 10.9. The predicted molar refractivity (Wildman–Crippen MR) is 95.0 cm³/mol. The van der Waals surface area contributed by atoms with Crippen LogP contribution in [0.3, 0.4) is 0 Å². The second-order valence-electron chi connectivity index (χ2n) is 6.99. The van der Waals surface area contributed by atoms with Crippen molar-refractivity contribution < 1.29 is 5.11 Å². The molecule has 122 valence electrons. The van der Waals surface area contributed by atoms with Gasteiger partial charge in [0.2, 0.25) is 0 Å². The van der Waals surface area contributed by atoms with Gasteiger partial charge in [0.15, 0.2) is 0 Å². The zero-order valence-electron chi connectivity index (χ0n) is 14.0. The quantitative estimate of drug-likeness (QED) is 0.886. The van der Waals surface area contributed by atoms with E-state index in [-0.39, 0.29) is 6.04 Å². The van der Waals surface area contributed by atoms with Gasteiger partial charge >= 0.3 is 0 Å². The van der Waals surface area contributed by atoms with Gasteiger partial charge in [0.25, 0.3) is 0 Å². The molecule has 1 N–H and O–H groups in total. The third-order valence-electron chi connectivity index (χ3n) is 5.03. The highest BCUT2D eigenvalue weighted by atomic mass is 16.3. The lowest BCUT2D eigenvalue weighted by atomic mass is 9.80. The Balaban J connectivity index is 1.83. The van der Waals surface area contributed by atoms with Crippen LogP contribution in [0.25, 0.3) is 0 Å². The smallest absolute Gasteiger partial charge is 0.0774 e. The van der Waals surface area contributed by atoms with E-state index in [0.717, 1.165) is 32.4 Å². The van der Waals surface area contributed by atoms with Crippen molar-refractivity contribution in [2.75, 3.05) is 0 Å². The first kappa shape index (κ1) is 16.2. The Hall–Kier alpha value is -1.64. The highest BCUT2D eigenvalue weighted by Crippen LogP contribution is 2.33. The topological polar surface area (TPSA) is 23.5 Å². The van der Waals surface area contributed by atoms with Crippen molar-refractivity contribution >= 4 is 0 Å². The summed E-state index contributed by atoms with van der Waals surface area (Å²) in [6, 6.07) is 21.4. The Morgan fingerprint density at radius 2 is 1.43 bits per heavy atom. The molecule has 3 rings (SSSR count). The minimum Gasteiger partial charge on any atom is -0.389 e. The number of benzene rings is 2. The zero-order chi connectivity index (χ0) is 16.1. The first-order valence-electron chi connectivity index (χ1n) is 8.69. The number of rotatable bonds is 5. The fourth-order valence-corrected chi connectivity index (χ4v) is 3.79. The summed E-state index contributed by atoms with van der Waals surface area (Å²) >= 11 is 0. The van der Waals surface area contributed by atoms with Gasteiger partial charge in [0, 0.05) is 19.1 Å². The summed E-state index contributed by atoms with van der Waals surface area (Å²) in [6.07, 6.45) is 4.32. The van der Waals surface area contributed by atoms with Crippen LogP contribution in [0.1, 0.15) is 43.7 Å². The predicted octanol–water partition coefficient (Wildman–Crippen LogP) is 4.38. The summed E-state index contributed by atoms with van der Waals surface area (Å²) in [7, 11) is 0. The van der Waals surface area contributed by atoms with Crippen LogP contribution in [0, 0.1) is 0 Å². The van der Waals surface area contributed by atoms with Crippen molar-refractivity contribution in [1.82, 2.24) is 4.90 Å². The second kappa shape index (κ2) is 7.29. The largest absolute Gasteiger partial charge is 0.389 e. The van der Waals surface area contributed by atoms with Gasteiger partial charge in [-0.1, -0.05) is 73.5 Å². The van der Waals surface area contributed by atoms with E-state index in [1.807, 2.05) is 6.92 Å². The Kier molecular flexibility index (Phi) is 5.14. The lowest BCUT2D eigenvalue weighted by Gasteiger charge is -2.44. The minimum absolute atomic E-state index is 0.219. The summed E-state index contributed by atoms with van der Waals surface area (Å²) in [5, 5.41) is 10.9. The van der Waals surface area contributed by atoms with E-state index in [9.17, 15) is 5.11 Å². The number of hydrogen-bond donors (Lipinski definition) is 1. The van der Waals surface area contributed by atoms with E-state index in [1.165, 1.54) is 17.5 Å². The highest BCUT2D eigenvalue weighted by Gasteiger charge is 2.38. The molecule has 1 saturated carbocycles. The van der Waals surface area contributed by atoms with E-state index < -0.39 is 5.60 Å². The summed E-state index contributed by atoms with van der Waals surface area (Å²) in [5.41, 5.74) is 2.02. The average molecular weight is 309 g/mol. The molecule has 1 aliphatic carbocycles. The van der Waals surface area contributed by atoms with Crippen LogP contribution in [0.2, 0.25) is 0 Å². The van der Waals surface area contributed by atoms with Gasteiger partial charge in [-0.2, -0.15) is 0 Å².